The Morgan fingerprint density at radius 2 is 1.58 bits per heavy atom. The maximum atomic E-state index is 2.35. The Labute approximate surface area is 75.8 Å². The number of hydrogen-bond donors (Lipinski definition) is 0. The minimum absolute atomic E-state index is 1.08. The summed E-state index contributed by atoms with van der Waals surface area (Å²) in [6, 6.07) is 8.69. The van der Waals surface area contributed by atoms with E-state index in [4.69, 9.17) is 0 Å². The van der Waals surface area contributed by atoms with Crippen LogP contribution in [0.3, 0.4) is 0 Å². The van der Waals surface area contributed by atoms with Crippen molar-refractivity contribution >= 4 is 19.0 Å². The first-order valence-electron chi connectivity index (χ1n) is 4.59. The maximum absolute atomic E-state index is 2.35. The van der Waals surface area contributed by atoms with Crippen LogP contribution in [0.25, 0.3) is 0 Å². The van der Waals surface area contributed by atoms with Gasteiger partial charge in [-0.1, -0.05) is 17.6 Å². The van der Waals surface area contributed by atoms with Gasteiger partial charge in [0.1, 0.15) is 7.85 Å². The van der Waals surface area contributed by atoms with E-state index in [0.717, 1.165) is 13.1 Å². The maximum Gasteiger partial charge on any atom is 0.139 e. The summed E-state index contributed by atoms with van der Waals surface area (Å²) in [5.74, 6) is 0. The molecule has 1 aromatic carbocycles. The molecule has 0 spiro atoms. The van der Waals surface area contributed by atoms with E-state index in [1.54, 1.807) is 0 Å². The van der Waals surface area contributed by atoms with Gasteiger partial charge in [-0.05, 0) is 26.0 Å². The van der Waals surface area contributed by atoms with E-state index in [-0.39, 0.29) is 0 Å². The lowest BCUT2D eigenvalue weighted by atomic mass is 9.96. The highest BCUT2D eigenvalue weighted by Gasteiger charge is 1.98. The van der Waals surface area contributed by atoms with Crippen molar-refractivity contribution in [1.29, 1.82) is 0 Å². The summed E-state index contributed by atoms with van der Waals surface area (Å²) in [7, 11) is 2.12. The molecule has 1 nitrogen and oxygen atoms in total. The lowest BCUT2D eigenvalue weighted by Gasteiger charge is -2.20. The van der Waals surface area contributed by atoms with E-state index in [0.29, 0.717) is 0 Å². The molecule has 0 saturated carbocycles. The Morgan fingerprint density at radius 3 is 2.00 bits per heavy atom. The van der Waals surface area contributed by atoms with Crippen LogP contribution in [0.4, 0.5) is 5.69 Å². The van der Waals surface area contributed by atoms with Crippen molar-refractivity contribution in [3.8, 4) is 0 Å². The minimum atomic E-state index is 1.08. The van der Waals surface area contributed by atoms with Crippen molar-refractivity contribution in [2.45, 2.75) is 13.8 Å². The predicted molar refractivity (Wildman–Crippen MR) is 58.2 cm³/mol. The lowest BCUT2D eigenvalue weighted by Crippen LogP contribution is -2.22. The van der Waals surface area contributed by atoms with Gasteiger partial charge in [-0.2, -0.15) is 0 Å². The first-order valence-corrected chi connectivity index (χ1v) is 4.59. The molecule has 1 rings (SSSR count). The normalized spacial score (nSPS) is 9.83. The summed E-state index contributed by atoms with van der Waals surface area (Å²) in [4.78, 5) is 2.35. The molecular formula is C10H16BN. The van der Waals surface area contributed by atoms with Gasteiger partial charge in [0.2, 0.25) is 0 Å². The van der Waals surface area contributed by atoms with E-state index in [1.165, 1.54) is 11.2 Å². The zero-order valence-electron chi connectivity index (χ0n) is 8.17. The van der Waals surface area contributed by atoms with Crippen LogP contribution >= 0.6 is 0 Å². The summed E-state index contributed by atoms with van der Waals surface area (Å²) >= 11 is 0. The van der Waals surface area contributed by atoms with E-state index in [1.807, 2.05) is 0 Å². The number of hydrogen-bond acceptors (Lipinski definition) is 1. The second-order valence-corrected chi connectivity index (χ2v) is 3.01. The van der Waals surface area contributed by atoms with Gasteiger partial charge in [0, 0.05) is 18.8 Å². The Kier molecular flexibility index (Phi) is 3.21. The quantitative estimate of drug-likeness (QED) is 0.592. The summed E-state index contributed by atoms with van der Waals surface area (Å²) in [6.45, 7) is 6.53. The molecule has 2 heteroatoms. The average molecular weight is 161 g/mol. The zero-order chi connectivity index (χ0) is 8.97. The predicted octanol–water partition coefficient (Wildman–Crippen LogP) is 0.791. The van der Waals surface area contributed by atoms with Crippen LogP contribution in [0.2, 0.25) is 0 Å². The van der Waals surface area contributed by atoms with Crippen LogP contribution in [0, 0.1) is 0 Å². The van der Waals surface area contributed by atoms with Crippen LogP contribution in [-0.4, -0.2) is 20.9 Å². The molecule has 0 aromatic heterocycles. The molecule has 0 bridgehead atoms. The van der Waals surface area contributed by atoms with Crippen molar-refractivity contribution in [3.05, 3.63) is 24.3 Å². The number of nitrogens with zero attached hydrogens (tertiary/aromatic N) is 1. The fourth-order valence-corrected chi connectivity index (χ4v) is 1.34. The minimum Gasteiger partial charge on any atom is -0.372 e. The second kappa shape index (κ2) is 4.20. The molecule has 12 heavy (non-hydrogen) atoms. The zero-order valence-corrected chi connectivity index (χ0v) is 8.17. The van der Waals surface area contributed by atoms with Gasteiger partial charge in [0.05, 0.1) is 0 Å². The molecule has 0 atom stereocenters. The van der Waals surface area contributed by atoms with Crippen LogP contribution < -0.4 is 10.4 Å². The molecule has 0 heterocycles. The van der Waals surface area contributed by atoms with Crippen molar-refractivity contribution < 1.29 is 0 Å². The third-order valence-electron chi connectivity index (χ3n) is 2.16. The summed E-state index contributed by atoms with van der Waals surface area (Å²) < 4.78 is 0. The third kappa shape index (κ3) is 2.03. The van der Waals surface area contributed by atoms with Gasteiger partial charge in [-0.15, -0.1) is 0 Å². The molecule has 1 aromatic rings. The molecule has 0 fully saturated rings. The van der Waals surface area contributed by atoms with Gasteiger partial charge in [0.15, 0.2) is 0 Å². The Morgan fingerprint density at radius 1 is 1.08 bits per heavy atom. The molecule has 0 amide bonds. The molecule has 0 aliphatic carbocycles. The smallest absolute Gasteiger partial charge is 0.139 e. The van der Waals surface area contributed by atoms with Crippen molar-refractivity contribution in [2.75, 3.05) is 18.0 Å². The summed E-state index contributed by atoms with van der Waals surface area (Å²) in [5.41, 5.74) is 2.65. The molecule has 0 unspecified atom stereocenters. The first-order chi connectivity index (χ1) is 5.77. The number of benzene rings is 1. The van der Waals surface area contributed by atoms with Crippen molar-refractivity contribution in [1.82, 2.24) is 0 Å². The third-order valence-corrected chi connectivity index (χ3v) is 2.16. The largest absolute Gasteiger partial charge is 0.372 e. The fraction of sp³-hybridized carbons (Fsp3) is 0.400. The van der Waals surface area contributed by atoms with Crippen molar-refractivity contribution in [3.63, 3.8) is 0 Å². The number of anilines is 1. The van der Waals surface area contributed by atoms with Crippen molar-refractivity contribution in [2.24, 2.45) is 0 Å². The van der Waals surface area contributed by atoms with Crippen LogP contribution in [0.5, 0.6) is 0 Å². The van der Waals surface area contributed by atoms with Gasteiger partial charge < -0.3 is 4.90 Å². The molecule has 64 valence electrons. The van der Waals surface area contributed by atoms with Gasteiger partial charge >= 0.3 is 0 Å². The van der Waals surface area contributed by atoms with Gasteiger partial charge in [-0.3, -0.25) is 0 Å². The van der Waals surface area contributed by atoms with Gasteiger partial charge in [-0.25, -0.2) is 0 Å². The monoisotopic (exact) mass is 161 g/mol. The summed E-state index contributed by atoms with van der Waals surface area (Å²) in [6.07, 6.45) is 0. The van der Waals surface area contributed by atoms with E-state index >= 15 is 0 Å². The molecule has 0 radical (unpaired) electrons. The molecular weight excluding hydrogens is 145 g/mol. The van der Waals surface area contributed by atoms with E-state index in [2.05, 4.69) is 50.9 Å². The lowest BCUT2D eigenvalue weighted by molar-refractivity contribution is 0.866. The average Bonchev–Trinajstić information content (AvgIpc) is 2.10. The standard InChI is InChI=1S/C10H16BN/c1-3-12(4-2)10-7-5-9(11)6-8-10/h5-8H,3-4,11H2,1-2H3. The first kappa shape index (κ1) is 9.18. The molecule has 0 N–H and O–H groups in total. The fourth-order valence-electron chi connectivity index (χ4n) is 1.34. The van der Waals surface area contributed by atoms with Gasteiger partial charge in [0.25, 0.3) is 0 Å². The highest BCUT2D eigenvalue weighted by Crippen LogP contribution is 2.10. The molecule has 0 aliphatic rings. The highest BCUT2D eigenvalue weighted by molar-refractivity contribution is 6.32. The molecule has 0 saturated heterocycles. The Hall–Kier alpha value is -0.915. The topological polar surface area (TPSA) is 3.24 Å². The van der Waals surface area contributed by atoms with Crippen LogP contribution in [0.15, 0.2) is 24.3 Å². The van der Waals surface area contributed by atoms with E-state index in [9.17, 15) is 0 Å². The van der Waals surface area contributed by atoms with Crippen LogP contribution in [-0.2, 0) is 0 Å². The van der Waals surface area contributed by atoms with E-state index < -0.39 is 0 Å². The molecule has 0 aliphatic heterocycles. The highest BCUT2D eigenvalue weighted by atomic mass is 15.1. The Balaban J connectivity index is 2.80. The SMILES string of the molecule is Bc1ccc(N(CC)CC)cc1. The second-order valence-electron chi connectivity index (χ2n) is 3.01. The van der Waals surface area contributed by atoms with Crippen LogP contribution in [0.1, 0.15) is 13.8 Å². The number of rotatable bonds is 3. The Bertz CT molecular complexity index is 226. The summed E-state index contributed by atoms with van der Waals surface area (Å²) in [5, 5.41) is 0.